The molecule has 182 valence electrons. The summed E-state index contributed by atoms with van der Waals surface area (Å²) in [6.45, 7) is 5.34. The number of halogens is 1. The summed E-state index contributed by atoms with van der Waals surface area (Å²) < 4.78 is 6.80. The highest BCUT2D eigenvalue weighted by molar-refractivity contribution is 6.35. The maximum Gasteiger partial charge on any atom is 0.338 e. The predicted octanol–water partition coefficient (Wildman–Crippen LogP) is 4.63. The number of ether oxygens (including phenoxy) is 1. The molecule has 0 amide bonds. The number of nitrogen functional groups attached to an aromatic ring is 1. The van der Waals surface area contributed by atoms with Crippen LogP contribution in [0.15, 0.2) is 59.5 Å². The van der Waals surface area contributed by atoms with E-state index in [4.69, 9.17) is 22.1 Å². The van der Waals surface area contributed by atoms with Gasteiger partial charge < -0.3 is 15.8 Å². The number of nitrogens with zero attached hydrogens (tertiary/aromatic N) is 4. The van der Waals surface area contributed by atoms with Gasteiger partial charge in [-0.05, 0) is 56.5 Å². The number of nitriles is 1. The molecule has 0 spiro atoms. The molecule has 36 heavy (non-hydrogen) atoms. The average molecular weight is 503 g/mol. The lowest BCUT2D eigenvalue weighted by Crippen LogP contribution is -2.26. The van der Waals surface area contributed by atoms with Crippen molar-refractivity contribution in [2.45, 2.75) is 32.9 Å². The largest absolute Gasteiger partial charge is 0.459 e. The number of hydrogen-bond donors (Lipinski definition) is 2. The molecule has 3 N–H and O–H groups in total. The fraction of sp³-hybridized carbons (Fsp3) is 0.192. The molecule has 4 rings (SSSR count). The minimum Gasteiger partial charge on any atom is -0.459 e. The van der Waals surface area contributed by atoms with E-state index in [0.717, 1.165) is 0 Å². The molecule has 0 saturated carbocycles. The minimum absolute atomic E-state index is 0.00255. The third-order valence-corrected chi connectivity index (χ3v) is 5.75. The van der Waals surface area contributed by atoms with Gasteiger partial charge in [0.1, 0.15) is 17.5 Å². The van der Waals surface area contributed by atoms with E-state index in [-0.39, 0.29) is 29.0 Å². The van der Waals surface area contributed by atoms with Crippen molar-refractivity contribution in [1.29, 1.82) is 5.26 Å². The maximum absolute atomic E-state index is 13.8. The lowest BCUT2D eigenvalue weighted by Gasteiger charge is -2.22. The van der Waals surface area contributed by atoms with Gasteiger partial charge in [-0.2, -0.15) is 10.2 Å². The number of rotatable bonds is 6. The number of hydrogen-bond acceptors (Lipinski definition) is 8. The maximum atomic E-state index is 13.8. The fourth-order valence-electron chi connectivity index (χ4n) is 3.85. The van der Waals surface area contributed by atoms with Crippen LogP contribution in [0.5, 0.6) is 0 Å². The first-order chi connectivity index (χ1) is 17.2. The summed E-state index contributed by atoms with van der Waals surface area (Å²) in [5.41, 5.74) is 6.86. The van der Waals surface area contributed by atoms with Crippen LogP contribution in [0.4, 0.5) is 11.8 Å². The van der Waals surface area contributed by atoms with Gasteiger partial charge in [0.25, 0.3) is 5.56 Å². The number of anilines is 2. The Kier molecular flexibility index (Phi) is 6.90. The molecule has 0 bridgehead atoms. The van der Waals surface area contributed by atoms with Crippen LogP contribution in [0.1, 0.15) is 48.4 Å². The summed E-state index contributed by atoms with van der Waals surface area (Å²) in [5.74, 6) is -0.263. The highest BCUT2D eigenvalue weighted by atomic mass is 35.5. The number of carbonyl (C=O) groups is 1. The number of nitrogens with one attached hydrogen (secondary N) is 1. The average Bonchev–Trinajstić information content (AvgIpc) is 2.83. The van der Waals surface area contributed by atoms with Crippen LogP contribution in [-0.4, -0.2) is 26.6 Å². The normalized spacial score (nSPS) is 11.8. The standard InChI is InChI=1S/C26H23ClN6O3/c1-14(2)36-25(35)17-7-4-8-19(10-17)33-21(11-16-6-5-9-20(27)22(16)24(33)34)15(3)31-23-18(12-28)13-30-26(29)32-23/h4-11,13-15H,1-3H3,(H3,29,30,31,32)/t15-/m0/s1. The van der Waals surface area contributed by atoms with Crippen LogP contribution in [0.3, 0.4) is 0 Å². The Labute approximate surface area is 212 Å². The van der Waals surface area contributed by atoms with Crippen LogP contribution < -0.4 is 16.6 Å². The van der Waals surface area contributed by atoms with E-state index < -0.39 is 12.0 Å². The molecular formula is C26H23ClN6O3. The van der Waals surface area contributed by atoms with Crippen molar-refractivity contribution in [3.05, 3.63) is 86.9 Å². The highest BCUT2D eigenvalue weighted by Gasteiger charge is 2.20. The third-order valence-electron chi connectivity index (χ3n) is 5.43. The van der Waals surface area contributed by atoms with Crippen LogP contribution in [0.25, 0.3) is 16.5 Å². The number of nitrogens with two attached hydrogens (primary N) is 1. The highest BCUT2D eigenvalue weighted by Crippen LogP contribution is 2.28. The van der Waals surface area contributed by atoms with Gasteiger partial charge >= 0.3 is 5.97 Å². The quantitative estimate of drug-likeness (QED) is 0.364. The monoisotopic (exact) mass is 502 g/mol. The third kappa shape index (κ3) is 4.85. The van der Waals surface area contributed by atoms with E-state index in [1.165, 1.54) is 10.8 Å². The molecular weight excluding hydrogens is 480 g/mol. The Bertz CT molecular complexity index is 1570. The first-order valence-corrected chi connectivity index (χ1v) is 11.5. The van der Waals surface area contributed by atoms with Gasteiger partial charge in [-0.3, -0.25) is 9.36 Å². The summed E-state index contributed by atoms with van der Waals surface area (Å²) in [5, 5.41) is 13.9. The van der Waals surface area contributed by atoms with E-state index in [1.54, 1.807) is 56.3 Å². The van der Waals surface area contributed by atoms with Crippen molar-refractivity contribution in [2.75, 3.05) is 11.1 Å². The second-order valence-electron chi connectivity index (χ2n) is 8.39. The Balaban J connectivity index is 1.91. The van der Waals surface area contributed by atoms with E-state index in [1.807, 2.05) is 19.1 Å². The number of esters is 1. The van der Waals surface area contributed by atoms with Crippen molar-refractivity contribution in [1.82, 2.24) is 14.5 Å². The first kappa shape index (κ1) is 24.7. The van der Waals surface area contributed by atoms with Crippen LogP contribution in [0.2, 0.25) is 5.02 Å². The SMILES string of the molecule is CC(C)OC(=O)c1cccc(-n2c([C@H](C)Nc3nc(N)ncc3C#N)cc3cccc(Cl)c3c2=O)c1. The van der Waals surface area contributed by atoms with Gasteiger partial charge in [0.05, 0.1) is 34.3 Å². The molecule has 10 heteroatoms. The van der Waals surface area contributed by atoms with Crippen molar-refractivity contribution >= 4 is 40.1 Å². The molecule has 0 aliphatic heterocycles. The number of pyridine rings is 1. The minimum atomic E-state index is -0.520. The Morgan fingerprint density at radius 1 is 1.19 bits per heavy atom. The van der Waals surface area contributed by atoms with Gasteiger partial charge in [-0.1, -0.05) is 29.8 Å². The zero-order chi connectivity index (χ0) is 26.0. The molecule has 1 atom stereocenters. The van der Waals surface area contributed by atoms with Gasteiger partial charge in [0.2, 0.25) is 5.95 Å². The van der Waals surface area contributed by atoms with E-state index in [0.29, 0.717) is 32.7 Å². The van der Waals surface area contributed by atoms with Crippen molar-refractivity contribution < 1.29 is 9.53 Å². The van der Waals surface area contributed by atoms with Crippen molar-refractivity contribution in [2.24, 2.45) is 0 Å². The fourth-order valence-corrected chi connectivity index (χ4v) is 4.11. The molecule has 2 aromatic heterocycles. The smallest absolute Gasteiger partial charge is 0.338 e. The van der Waals surface area contributed by atoms with Crippen molar-refractivity contribution in [3.63, 3.8) is 0 Å². The number of benzene rings is 2. The molecule has 0 unspecified atom stereocenters. The molecule has 0 saturated heterocycles. The van der Waals surface area contributed by atoms with Gasteiger partial charge in [-0.25, -0.2) is 9.78 Å². The zero-order valence-corrected chi connectivity index (χ0v) is 20.6. The van der Waals surface area contributed by atoms with Crippen LogP contribution in [-0.2, 0) is 4.74 Å². The van der Waals surface area contributed by atoms with Crippen LogP contribution >= 0.6 is 11.6 Å². The zero-order valence-electron chi connectivity index (χ0n) is 19.8. The summed E-state index contributed by atoms with van der Waals surface area (Å²) >= 11 is 6.41. The van der Waals surface area contributed by atoms with Gasteiger partial charge in [0.15, 0.2) is 0 Å². The molecule has 4 aromatic rings. The van der Waals surface area contributed by atoms with Crippen LogP contribution in [0, 0.1) is 11.3 Å². The summed E-state index contributed by atoms with van der Waals surface area (Å²) in [7, 11) is 0. The molecule has 0 aliphatic carbocycles. The van der Waals surface area contributed by atoms with Gasteiger partial charge in [-0.15, -0.1) is 0 Å². The molecule has 2 aromatic carbocycles. The van der Waals surface area contributed by atoms with E-state index in [9.17, 15) is 14.9 Å². The lowest BCUT2D eigenvalue weighted by atomic mass is 10.1. The molecule has 0 fully saturated rings. The summed E-state index contributed by atoms with van der Waals surface area (Å²) in [6, 6.07) is 15.2. The Hall–Kier alpha value is -4.42. The number of carbonyl (C=O) groups excluding carboxylic acids is 1. The van der Waals surface area contributed by atoms with E-state index in [2.05, 4.69) is 15.3 Å². The van der Waals surface area contributed by atoms with Gasteiger partial charge in [0, 0.05) is 11.4 Å². The first-order valence-electron chi connectivity index (χ1n) is 11.1. The second-order valence-corrected chi connectivity index (χ2v) is 8.79. The lowest BCUT2D eigenvalue weighted by molar-refractivity contribution is 0.0378. The second kappa shape index (κ2) is 10.1. The number of aromatic nitrogens is 3. The topological polar surface area (TPSA) is 136 Å². The molecule has 0 radical (unpaired) electrons. The molecule has 2 heterocycles. The Morgan fingerprint density at radius 3 is 2.67 bits per heavy atom. The molecule has 9 nitrogen and oxygen atoms in total. The number of fused-ring (bicyclic) bond motifs is 1. The summed E-state index contributed by atoms with van der Waals surface area (Å²) in [6.07, 6.45) is 1.03. The Morgan fingerprint density at radius 2 is 1.94 bits per heavy atom. The summed E-state index contributed by atoms with van der Waals surface area (Å²) in [4.78, 5) is 34.3. The van der Waals surface area contributed by atoms with E-state index >= 15 is 0 Å². The molecule has 0 aliphatic rings. The van der Waals surface area contributed by atoms with Crippen molar-refractivity contribution in [3.8, 4) is 11.8 Å². The predicted molar refractivity (Wildman–Crippen MR) is 138 cm³/mol.